The highest BCUT2D eigenvalue weighted by Gasteiger charge is 2.21. The summed E-state index contributed by atoms with van der Waals surface area (Å²) in [6.45, 7) is 3.61. The van der Waals surface area contributed by atoms with Gasteiger partial charge in [-0.1, -0.05) is 11.6 Å². The molecule has 0 saturated carbocycles. The van der Waals surface area contributed by atoms with Crippen LogP contribution in [0.1, 0.15) is 21.6 Å². The Balaban J connectivity index is 3.49. The zero-order valence-electron chi connectivity index (χ0n) is 9.05. The number of rotatable bonds is 2. The minimum absolute atomic E-state index is 0.0989. The molecule has 0 spiro atoms. The summed E-state index contributed by atoms with van der Waals surface area (Å²) in [5, 5.41) is 0.0989. The second-order valence-corrected chi connectivity index (χ2v) is 3.37. The number of hydrogen-bond donors (Lipinski definition) is 0. The number of hydrogen-bond acceptors (Lipinski definition) is 4. The van der Waals surface area contributed by atoms with Gasteiger partial charge in [-0.05, 0) is 13.8 Å². The van der Waals surface area contributed by atoms with Gasteiger partial charge in [-0.15, -0.1) is 0 Å². The molecule has 4 nitrogen and oxygen atoms in total. The Kier molecular flexibility index (Phi) is 3.52. The molecule has 1 rings (SSSR count). The van der Waals surface area contributed by atoms with Gasteiger partial charge in [0.15, 0.2) is 0 Å². The molecule has 0 aliphatic rings. The predicted octanol–water partition coefficient (Wildman–Crippen LogP) is 2.15. The van der Waals surface area contributed by atoms with Crippen molar-refractivity contribution >= 4 is 17.6 Å². The number of esters is 1. The summed E-state index contributed by atoms with van der Waals surface area (Å²) in [7, 11) is 2.76. The van der Waals surface area contributed by atoms with E-state index in [0.29, 0.717) is 5.75 Å². The number of ether oxygens (including phenoxy) is 2. The van der Waals surface area contributed by atoms with Crippen LogP contribution in [0, 0.1) is 13.8 Å². The molecule has 0 aromatic carbocycles. The molecular weight excluding hydrogens is 218 g/mol. The first-order valence-electron chi connectivity index (χ1n) is 4.32. The summed E-state index contributed by atoms with van der Waals surface area (Å²) in [6.07, 6.45) is 0. The van der Waals surface area contributed by atoms with Crippen LogP contribution in [0.3, 0.4) is 0 Å². The van der Waals surface area contributed by atoms with Crippen LogP contribution in [0.4, 0.5) is 0 Å². The third-order valence-electron chi connectivity index (χ3n) is 2.18. The Labute approximate surface area is 93.2 Å². The lowest BCUT2D eigenvalue weighted by molar-refractivity contribution is 0.0596. The predicted molar refractivity (Wildman–Crippen MR) is 56.6 cm³/mol. The van der Waals surface area contributed by atoms with Crippen molar-refractivity contribution in [1.29, 1.82) is 0 Å². The first kappa shape index (κ1) is 11.8. The summed E-state index contributed by atoms with van der Waals surface area (Å²) in [4.78, 5) is 15.5. The molecule has 5 heteroatoms. The van der Waals surface area contributed by atoms with Crippen molar-refractivity contribution in [2.24, 2.45) is 0 Å². The van der Waals surface area contributed by atoms with Crippen LogP contribution in [0.15, 0.2) is 0 Å². The van der Waals surface area contributed by atoms with Crippen LogP contribution in [-0.4, -0.2) is 25.2 Å². The quantitative estimate of drug-likeness (QED) is 0.576. The lowest BCUT2D eigenvalue weighted by Gasteiger charge is -2.12. The number of carbonyl (C=O) groups excluding carboxylic acids is 1. The minimum atomic E-state index is -0.549. The maximum Gasteiger partial charge on any atom is 0.344 e. The van der Waals surface area contributed by atoms with Crippen molar-refractivity contribution in [2.45, 2.75) is 13.8 Å². The molecule has 0 atom stereocenters. The molecule has 0 N–H and O–H groups in total. The van der Waals surface area contributed by atoms with E-state index >= 15 is 0 Å². The molecule has 0 aliphatic heterocycles. The molecule has 0 aliphatic carbocycles. The standard InChI is InChI=1S/C10H12ClNO3/c1-5-6(2)12-9(11)7(8(5)14-3)10(13)15-4/h1-4H3. The van der Waals surface area contributed by atoms with Gasteiger partial charge in [0.05, 0.1) is 14.2 Å². The third kappa shape index (κ3) is 2.04. The molecule has 0 saturated heterocycles. The Hall–Kier alpha value is -1.29. The number of aromatic nitrogens is 1. The highest BCUT2D eigenvalue weighted by molar-refractivity contribution is 6.32. The number of halogens is 1. The van der Waals surface area contributed by atoms with Crippen molar-refractivity contribution < 1.29 is 14.3 Å². The second kappa shape index (κ2) is 4.49. The normalized spacial score (nSPS) is 9.93. The lowest BCUT2D eigenvalue weighted by atomic mass is 10.1. The fourth-order valence-corrected chi connectivity index (χ4v) is 1.56. The van der Waals surface area contributed by atoms with Crippen molar-refractivity contribution in [3.05, 3.63) is 22.0 Å². The van der Waals surface area contributed by atoms with E-state index in [1.54, 1.807) is 6.92 Å². The average Bonchev–Trinajstić information content (AvgIpc) is 2.21. The van der Waals surface area contributed by atoms with E-state index in [2.05, 4.69) is 9.72 Å². The highest BCUT2D eigenvalue weighted by atomic mass is 35.5. The third-order valence-corrected chi connectivity index (χ3v) is 2.45. The lowest BCUT2D eigenvalue weighted by Crippen LogP contribution is -2.09. The number of methoxy groups -OCH3 is 2. The number of aryl methyl sites for hydroxylation is 1. The van der Waals surface area contributed by atoms with Crippen molar-refractivity contribution in [2.75, 3.05) is 14.2 Å². The zero-order valence-corrected chi connectivity index (χ0v) is 9.81. The van der Waals surface area contributed by atoms with Crippen molar-refractivity contribution in [1.82, 2.24) is 4.98 Å². The van der Waals surface area contributed by atoms with E-state index in [1.165, 1.54) is 14.2 Å². The Morgan fingerprint density at radius 2 is 1.93 bits per heavy atom. The Morgan fingerprint density at radius 3 is 2.40 bits per heavy atom. The minimum Gasteiger partial charge on any atom is -0.495 e. The smallest absolute Gasteiger partial charge is 0.344 e. The molecule has 0 unspecified atom stereocenters. The van der Waals surface area contributed by atoms with Gasteiger partial charge in [0.1, 0.15) is 16.5 Å². The summed E-state index contributed by atoms with van der Waals surface area (Å²) in [6, 6.07) is 0. The Morgan fingerprint density at radius 1 is 1.33 bits per heavy atom. The monoisotopic (exact) mass is 229 g/mol. The molecule has 0 fully saturated rings. The summed E-state index contributed by atoms with van der Waals surface area (Å²) < 4.78 is 9.75. The molecule has 1 aromatic heterocycles. The summed E-state index contributed by atoms with van der Waals surface area (Å²) in [5.41, 5.74) is 1.68. The zero-order chi connectivity index (χ0) is 11.6. The summed E-state index contributed by atoms with van der Waals surface area (Å²) >= 11 is 5.87. The molecule has 0 bridgehead atoms. The van der Waals surface area contributed by atoms with Gasteiger partial charge < -0.3 is 9.47 Å². The van der Waals surface area contributed by atoms with E-state index in [0.717, 1.165) is 11.3 Å². The molecular formula is C10H12ClNO3. The van der Waals surface area contributed by atoms with Gasteiger partial charge in [0.2, 0.25) is 0 Å². The fourth-order valence-electron chi connectivity index (χ4n) is 1.27. The largest absolute Gasteiger partial charge is 0.495 e. The first-order chi connectivity index (χ1) is 7.02. The summed E-state index contributed by atoms with van der Waals surface area (Å²) in [5.74, 6) is -0.133. The van der Waals surface area contributed by atoms with Crippen LogP contribution in [0.25, 0.3) is 0 Å². The highest BCUT2D eigenvalue weighted by Crippen LogP contribution is 2.30. The maximum absolute atomic E-state index is 11.5. The molecule has 15 heavy (non-hydrogen) atoms. The van der Waals surface area contributed by atoms with Crippen LogP contribution in [0.2, 0.25) is 5.15 Å². The molecule has 0 amide bonds. The van der Waals surface area contributed by atoms with Crippen LogP contribution in [0.5, 0.6) is 5.75 Å². The molecule has 0 radical (unpaired) electrons. The van der Waals surface area contributed by atoms with Gasteiger partial charge >= 0.3 is 5.97 Å². The van der Waals surface area contributed by atoms with E-state index in [1.807, 2.05) is 6.92 Å². The van der Waals surface area contributed by atoms with Gasteiger partial charge in [-0.2, -0.15) is 0 Å². The number of nitrogens with zero attached hydrogens (tertiary/aromatic N) is 1. The fraction of sp³-hybridized carbons (Fsp3) is 0.400. The Bertz CT molecular complexity index is 404. The second-order valence-electron chi connectivity index (χ2n) is 3.01. The van der Waals surface area contributed by atoms with Crippen LogP contribution >= 0.6 is 11.6 Å². The van der Waals surface area contributed by atoms with E-state index in [4.69, 9.17) is 16.3 Å². The van der Waals surface area contributed by atoms with E-state index in [9.17, 15) is 4.79 Å². The topological polar surface area (TPSA) is 48.4 Å². The first-order valence-corrected chi connectivity index (χ1v) is 4.69. The number of carbonyl (C=O) groups is 1. The van der Waals surface area contributed by atoms with Crippen molar-refractivity contribution in [3.8, 4) is 5.75 Å². The van der Waals surface area contributed by atoms with Crippen LogP contribution < -0.4 is 4.74 Å². The maximum atomic E-state index is 11.5. The number of pyridine rings is 1. The van der Waals surface area contributed by atoms with Crippen molar-refractivity contribution in [3.63, 3.8) is 0 Å². The molecule has 82 valence electrons. The SMILES string of the molecule is COC(=O)c1c(Cl)nc(C)c(C)c1OC. The van der Waals surface area contributed by atoms with Gasteiger partial charge in [0, 0.05) is 11.3 Å². The van der Waals surface area contributed by atoms with E-state index < -0.39 is 5.97 Å². The van der Waals surface area contributed by atoms with Gasteiger partial charge in [-0.3, -0.25) is 0 Å². The van der Waals surface area contributed by atoms with E-state index in [-0.39, 0.29) is 10.7 Å². The van der Waals surface area contributed by atoms with Gasteiger partial charge in [0.25, 0.3) is 0 Å². The molecule has 1 aromatic rings. The van der Waals surface area contributed by atoms with Crippen LogP contribution in [-0.2, 0) is 4.74 Å². The molecule has 1 heterocycles. The van der Waals surface area contributed by atoms with Gasteiger partial charge in [-0.25, -0.2) is 9.78 Å². The average molecular weight is 230 g/mol.